The van der Waals surface area contributed by atoms with Crippen LogP contribution >= 0.6 is 11.6 Å². The number of anilines is 1. The zero-order chi connectivity index (χ0) is 15.5. The summed E-state index contributed by atoms with van der Waals surface area (Å²) in [6.07, 6.45) is 2.11. The van der Waals surface area contributed by atoms with E-state index in [0.29, 0.717) is 23.9 Å². The Morgan fingerprint density at radius 1 is 1.24 bits per heavy atom. The smallest absolute Gasteiger partial charge is 0.238 e. The number of nitrogens with two attached hydrogens (primary N) is 1. The Bertz CT molecular complexity index is 732. The average Bonchev–Trinajstić information content (AvgIpc) is 2.44. The van der Waals surface area contributed by atoms with Gasteiger partial charge in [0.25, 0.3) is 0 Å². The quantitative estimate of drug-likeness (QED) is 0.818. The third-order valence-electron chi connectivity index (χ3n) is 2.96. The SMILES string of the molecule is CCc1c(Cl)ncnc1NCc1ccc(S(N)(=O)=O)cc1. The molecule has 0 amide bonds. The Kier molecular flexibility index (Phi) is 4.76. The van der Waals surface area contributed by atoms with Crippen LogP contribution in [0.25, 0.3) is 0 Å². The Hall–Kier alpha value is -1.70. The molecule has 0 saturated heterocycles. The number of rotatable bonds is 5. The van der Waals surface area contributed by atoms with Crippen molar-refractivity contribution < 1.29 is 8.42 Å². The standard InChI is InChI=1S/C13H15ClN4O2S/c1-2-11-12(14)17-8-18-13(11)16-7-9-3-5-10(6-4-9)21(15,19)20/h3-6,8H,2,7H2,1H3,(H2,15,19,20)(H,16,17,18). The molecule has 2 rings (SSSR count). The van der Waals surface area contributed by atoms with E-state index in [1.165, 1.54) is 18.5 Å². The normalized spacial score (nSPS) is 11.4. The summed E-state index contributed by atoms with van der Waals surface area (Å²) in [5.41, 5.74) is 1.75. The third kappa shape index (κ3) is 3.90. The van der Waals surface area contributed by atoms with Crippen molar-refractivity contribution in [3.8, 4) is 0 Å². The van der Waals surface area contributed by atoms with Gasteiger partial charge >= 0.3 is 0 Å². The number of sulfonamides is 1. The molecule has 0 aliphatic carbocycles. The highest BCUT2D eigenvalue weighted by molar-refractivity contribution is 7.89. The van der Waals surface area contributed by atoms with Crippen molar-refractivity contribution in [3.63, 3.8) is 0 Å². The predicted molar refractivity (Wildman–Crippen MR) is 81.6 cm³/mol. The molecule has 0 bridgehead atoms. The van der Waals surface area contributed by atoms with Gasteiger partial charge in [-0.25, -0.2) is 23.5 Å². The van der Waals surface area contributed by atoms with Crippen LogP contribution in [0.5, 0.6) is 0 Å². The number of primary sulfonamides is 1. The lowest BCUT2D eigenvalue weighted by Gasteiger charge is -2.10. The van der Waals surface area contributed by atoms with Gasteiger partial charge in [0.15, 0.2) is 0 Å². The zero-order valence-electron chi connectivity index (χ0n) is 11.4. The zero-order valence-corrected chi connectivity index (χ0v) is 12.9. The average molecular weight is 327 g/mol. The molecule has 1 aromatic heterocycles. The van der Waals surface area contributed by atoms with Gasteiger partial charge in [-0.2, -0.15) is 0 Å². The van der Waals surface area contributed by atoms with Gasteiger partial charge in [0.05, 0.1) is 4.90 Å². The number of halogens is 1. The van der Waals surface area contributed by atoms with Crippen molar-refractivity contribution >= 4 is 27.4 Å². The van der Waals surface area contributed by atoms with Crippen molar-refractivity contribution in [3.05, 3.63) is 46.9 Å². The van der Waals surface area contributed by atoms with Gasteiger partial charge < -0.3 is 5.32 Å². The topological polar surface area (TPSA) is 98.0 Å². The van der Waals surface area contributed by atoms with Crippen molar-refractivity contribution in [2.75, 3.05) is 5.32 Å². The number of benzene rings is 1. The first kappa shape index (κ1) is 15.7. The first-order chi connectivity index (χ1) is 9.91. The Balaban J connectivity index is 2.12. The number of aromatic nitrogens is 2. The molecular weight excluding hydrogens is 312 g/mol. The van der Waals surface area contributed by atoms with Crippen molar-refractivity contribution in [2.45, 2.75) is 24.8 Å². The fraction of sp³-hybridized carbons (Fsp3) is 0.231. The Morgan fingerprint density at radius 3 is 2.48 bits per heavy atom. The first-order valence-electron chi connectivity index (χ1n) is 6.26. The molecule has 0 fully saturated rings. The molecule has 0 radical (unpaired) electrons. The number of hydrogen-bond donors (Lipinski definition) is 2. The second kappa shape index (κ2) is 6.38. The van der Waals surface area contributed by atoms with E-state index in [-0.39, 0.29) is 4.90 Å². The summed E-state index contributed by atoms with van der Waals surface area (Å²) in [5, 5.41) is 8.64. The van der Waals surface area contributed by atoms with E-state index in [1.807, 2.05) is 6.92 Å². The third-order valence-corrected chi connectivity index (χ3v) is 4.21. The van der Waals surface area contributed by atoms with Crippen molar-refractivity contribution in [2.24, 2.45) is 5.14 Å². The molecule has 112 valence electrons. The molecule has 6 nitrogen and oxygen atoms in total. The predicted octanol–water partition coefficient (Wildman–Crippen LogP) is 1.95. The molecule has 1 heterocycles. The van der Waals surface area contributed by atoms with Gasteiger partial charge in [0.1, 0.15) is 17.3 Å². The highest BCUT2D eigenvalue weighted by atomic mass is 35.5. The minimum absolute atomic E-state index is 0.0885. The first-order valence-corrected chi connectivity index (χ1v) is 8.19. The van der Waals surface area contributed by atoms with E-state index in [1.54, 1.807) is 12.1 Å². The fourth-order valence-electron chi connectivity index (χ4n) is 1.84. The van der Waals surface area contributed by atoms with E-state index in [4.69, 9.17) is 16.7 Å². The summed E-state index contributed by atoms with van der Waals surface area (Å²) in [5.74, 6) is 0.674. The molecule has 8 heteroatoms. The van der Waals surface area contributed by atoms with Crippen LogP contribution in [0.3, 0.4) is 0 Å². The maximum absolute atomic E-state index is 11.2. The van der Waals surface area contributed by atoms with E-state index in [0.717, 1.165) is 11.1 Å². The van der Waals surface area contributed by atoms with Crippen LogP contribution in [0, 0.1) is 0 Å². The van der Waals surface area contributed by atoms with E-state index in [2.05, 4.69) is 15.3 Å². The van der Waals surface area contributed by atoms with Gasteiger partial charge in [-0.3, -0.25) is 0 Å². The molecular formula is C13H15ClN4O2S. The highest BCUT2D eigenvalue weighted by Gasteiger charge is 2.09. The van der Waals surface area contributed by atoms with Gasteiger partial charge in [0.2, 0.25) is 10.0 Å². The monoisotopic (exact) mass is 326 g/mol. The molecule has 0 saturated carbocycles. The molecule has 0 unspecified atom stereocenters. The molecule has 0 aliphatic heterocycles. The van der Waals surface area contributed by atoms with Crippen LogP contribution in [0.1, 0.15) is 18.1 Å². The van der Waals surface area contributed by atoms with Crippen LogP contribution in [0.2, 0.25) is 5.15 Å². The van der Waals surface area contributed by atoms with Gasteiger partial charge in [-0.05, 0) is 24.1 Å². The highest BCUT2D eigenvalue weighted by Crippen LogP contribution is 2.20. The lowest BCUT2D eigenvalue weighted by atomic mass is 10.2. The summed E-state index contributed by atoms with van der Waals surface area (Å²) in [4.78, 5) is 8.19. The molecule has 0 spiro atoms. The lowest BCUT2D eigenvalue weighted by Crippen LogP contribution is -2.12. The van der Waals surface area contributed by atoms with Gasteiger partial charge in [-0.1, -0.05) is 30.7 Å². The van der Waals surface area contributed by atoms with E-state index >= 15 is 0 Å². The Labute approximate surface area is 128 Å². The summed E-state index contributed by atoms with van der Waals surface area (Å²) in [7, 11) is -3.66. The van der Waals surface area contributed by atoms with Crippen LogP contribution in [-0.4, -0.2) is 18.4 Å². The minimum Gasteiger partial charge on any atom is -0.366 e. The molecule has 21 heavy (non-hydrogen) atoms. The Morgan fingerprint density at radius 2 is 1.90 bits per heavy atom. The lowest BCUT2D eigenvalue weighted by molar-refractivity contribution is 0.598. The van der Waals surface area contributed by atoms with Crippen molar-refractivity contribution in [1.82, 2.24) is 9.97 Å². The summed E-state index contributed by atoms with van der Waals surface area (Å²) in [6, 6.07) is 6.34. The second-order valence-electron chi connectivity index (χ2n) is 4.39. The molecule has 0 atom stereocenters. The van der Waals surface area contributed by atoms with Crippen LogP contribution in [0.4, 0.5) is 5.82 Å². The largest absolute Gasteiger partial charge is 0.366 e. The molecule has 2 aromatic rings. The van der Waals surface area contributed by atoms with Crippen LogP contribution in [0.15, 0.2) is 35.5 Å². The fourth-order valence-corrected chi connectivity index (χ4v) is 2.62. The van der Waals surface area contributed by atoms with Crippen LogP contribution < -0.4 is 10.5 Å². The van der Waals surface area contributed by atoms with E-state index < -0.39 is 10.0 Å². The summed E-state index contributed by atoms with van der Waals surface area (Å²) < 4.78 is 22.4. The van der Waals surface area contributed by atoms with Gasteiger partial charge in [-0.15, -0.1) is 0 Å². The summed E-state index contributed by atoms with van der Waals surface area (Å²) >= 11 is 6.01. The number of nitrogens with zero attached hydrogens (tertiary/aromatic N) is 2. The second-order valence-corrected chi connectivity index (χ2v) is 6.31. The summed E-state index contributed by atoms with van der Waals surface area (Å²) in [6.45, 7) is 2.46. The van der Waals surface area contributed by atoms with E-state index in [9.17, 15) is 8.42 Å². The maximum atomic E-state index is 11.2. The van der Waals surface area contributed by atoms with Crippen LogP contribution in [-0.2, 0) is 23.0 Å². The molecule has 1 aromatic carbocycles. The molecule has 3 N–H and O–H groups in total. The number of hydrogen-bond acceptors (Lipinski definition) is 5. The number of nitrogens with one attached hydrogen (secondary N) is 1. The maximum Gasteiger partial charge on any atom is 0.238 e. The minimum atomic E-state index is -3.66. The van der Waals surface area contributed by atoms with Crippen molar-refractivity contribution in [1.29, 1.82) is 0 Å². The van der Waals surface area contributed by atoms with Gasteiger partial charge in [0, 0.05) is 12.1 Å². The molecule has 0 aliphatic rings.